The SMILES string of the molecule is Cc1ccsc1[C@@H]1CNC[C@@H]1C#N. The molecule has 68 valence electrons. The van der Waals surface area contributed by atoms with Crippen LogP contribution in [0.25, 0.3) is 0 Å². The summed E-state index contributed by atoms with van der Waals surface area (Å²) < 4.78 is 0. The summed E-state index contributed by atoms with van der Waals surface area (Å²) in [4.78, 5) is 1.39. The molecule has 1 N–H and O–H groups in total. The van der Waals surface area contributed by atoms with Gasteiger partial charge in [-0.2, -0.15) is 5.26 Å². The zero-order chi connectivity index (χ0) is 9.26. The Balaban J connectivity index is 2.27. The van der Waals surface area contributed by atoms with Gasteiger partial charge in [0.25, 0.3) is 0 Å². The Bertz CT molecular complexity index is 337. The van der Waals surface area contributed by atoms with Crippen molar-refractivity contribution in [2.75, 3.05) is 13.1 Å². The number of hydrogen-bond acceptors (Lipinski definition) is 3. The van der Waals surface area contributed by atoms with Gasteiger partial charge < -0.3 is 5.32 Å². The van der Waals surface area contributed by atoms with Crippen LogP contribution in [0, 0.1) is 24.2 Å². The van der Waals surface area contributed by atoms with E-state index in [0.29, 0.717) is 5.92 Å². The summed E-state index contributed by atoms with van der Waals surface area (Å²) in [6.45, 7) is 3.93. The minimum absolute atomic E-state index is 0.164. The van der Waals surface area contributed by atoms with E-state index in [1.807, 2.05) is 0 Å². The van der Waals surface area contributed by atoms with Gasteiger partial charge in [0.15, 0.2) is 0 Å². The van der Waals surface area contributed by atoms with Crippen molar-refractivity contribution in [1.29, 1.82) is 5.26 Å². The molecule has 2 rings (SSSR count). The second kappa shape index (κ2) is 3.49. The van der Waals surface area contributed by atoms with Crippen LogP contribution in [-0.4, -0.2) is 13.1 Å². The Hall–Kier alpha value is -0.850. The van der Waals surface area contributed by atoms with Gasteiger partial charge in [0.05, 0.1) is 12.0 Å². The molecule has 1 aliphatic heterocycles. The molecule has 1 aromatic heterocycles. The van der Waals surface area contributed by atoms with Gasteiger partial charge in [0.2, 0.25) is 0 Å². The van der Waals surface area contributed by atoms with Crippen molar-refractivity contribution in [2.24, 2.45) is 5.92 Å². The maximum Gasteiger partial charge on any atom is 0.0676 e. The molecule has 2 atom stereocenters. The van der Waals surface area contributed by atoms with Crippen LogP contribution in [0.5, 0.6) is 0 Å². The number of hydrogen-bond donors (Lipinski definition) is 1. The number of nitrogens with one attached hydrogen (secondary N) is 1. The predicted molar refractivity (Wildman–Crippen MR) is 53.8 cm³/mol. The third kappa shape index (κ3) is 1.48. The van der Waals surface area contributed by atoms with E-state index in [0.717, 1.165) is 13.1 Å². The van der Waals surface area contributed by atoms with Crippen LogP contribution >= 0.6 is 11.3 Å². The van der Waals surface area contributed by atoms with Crippen molar-refractivity contribution in [2.45, 2.75) is 12.8 Å². The van der Waals surface area contributed by atoms with E-state index in [1.54, 1.807) is 11.3 Å². The van der Waals surface area contributed by atoms with Gasteiger partial charge in [-0.15, -0.1) is 11.3 Å². The smallest absolute Gasteiger partial charge is 0.0676 e. The molecule has 0 aromatic carbocycles. The summed E-state index contributed by atoms with van der Waals surface area (Å²) in [7, 11) is 0. The molecule has 0 aliphatic carbocycles. The van der Waals surface area contributed by atoms with E-state index in [4.69, 9.17) is 5.26 Å². The number of nitriles is 1. The highest BCUT2D eigenvalue weighted by Gasteiger charge is 2.29. The fraction of sp³-hybridized carbons (Fsp3) is 0.500. The van der Waals surface area contributed by atoms with Gasteiger partial charge in [0, 0.05) is 23.9 Å². The van der Waals surface area contributed by atoms with Gasteiger partial charge in [-0.05, 0) is 23.9 Å². The van der Waals surface area contributed by atoms with E-state index < -0.39 is 0 Å². The zero-order valence-corrected chi connectivity index (χ0v) is 8.40. The molecule has 0 bridgehead atoms. The van der Waals surface area contributed by atoms with Crippen LogP contribution in [-0.2, 0) is 0 Å². The van der Waals surface area contributed by atoms with Crippen LogP contribution in [0.2, 0.25) is 0 Å². The lowest BCUT2D eigenvalue weighted by Crippen LogP contribution is -2.07. The van der Waals surface area contributed by atoms with E-state index >= 15 is 0 Å². The van der Waals surface area contributed by atoms with Crippen molar-refractivity contribution < 1.29 is 0 Å². The Kier molecular flexibility index (Phi) is 2.34. The molecule has 0 spiro atoms. The molecule has 0 radical (unpaired) electrons. The maximum atomic E-state index is 8.94. The van der Waals surface area contributed by atoms with Crippen LogP contribution in [0.4, 0.5) is 0 Å². The van der Waals surface area contributed by atoms with Gasteiger partial charge in [-0.3, -0.25) is 0 Å². The Labute approximate surface area is 82.2 Å². The summed E-state index contributed by atoms with van der Waals surface area (Å²) in [5, 5.41) is 14.3. The van der Waals surface area contributed by atoms with Gasteiger partial charge in [0.1, 0.15) is 0 Å². The third-order valence-electron chi connectivity index (χ3n) is 2.62. The quantitative estimate of drug-likeness (QED) is 0.737. The van der Waals surface area contributed by atoms with Gasteiger partial charge in [-0.1, -0.05) is 0 Å². The summed E-state index contributed by atoms with van der Waals surface area (Å²) in [5.41, 5.74) is 1.33. The first-order valence-electron chi connectivity index (χ1n) is 4.47. The first-order valence-corrected chi connectivity index (χ1v) is 5.35. The summed E-state index contributed by atoms with van der Waals surface area (Å²) in [6, 6.07) is 4.51. The van der Waals surface area contributed by atoms with Crippen LogP contribution in [0.1, 0.15) is 16.4 Å². The zero-order valence-electron chi connectivity index (χ0n) is 7.58. The van der Waals surface area contributed by atoms with E-state index in [9.17, 15) is 0 Å². The normalized spacial score (nSPS) is 27.4. The maximum absolute atomic E-state index is 8.94. The Morgan fingerprint density at radius 3 is 3.08 bits per heavy atom. The lowest BCUT2D eigenvalue weighted by atomic mass is 9.94. The predicted octanol–water partition coefficient (Wildman–Crippen LogP) is 1.88. The lowest BCUT2D eigenvalue weighted by molar-refractivity contribution is 0.654. The number of thiophene rings is 1. The second-order valence-corrected chi connectivity index (χ2v) is 4.42. The average Bonchev–Trinajstić information content (AvgIpc) is 2.71. The number of rotatable bonds is 1. The Morgan fingerprint density at radius 2 is 2.46 bits per heavy atom. The third-order valence-corrected chi connectivity index (χ3v) is 3.77. The highest BCUT2D eigenvalue weighted by Crippen LogP contribution is 2.33. The average molecular weight is 192 g/mol. The fourth-order valence-corrected chi connectivity index (χ4v) is 2.95. The first-order chi connectivity index (χ1) is 6.33. The molecule has 13 heavy (non-hydrogen) atoms. The molecule has 3 heteroatoms. The van der Waals surface area contributed by atoms with Crippen molar-refractivity contribution in [1.82, 2.24) is 5.32 Å². The van der Waals surface area contributed by atoms with Crippen molar-refractivity contribution in [3.05, 3.63) is 21.9 Å². The Morgan fingerprint density at radius 1 is 1.62 bits per heavy atom. The molecule has 1 aliphatic rings. The first kappa shape index (κ1) is 8.74. The monoisotopic (exact) mass is 192 g/mol. The van der Waals surface area contributed by atoms with Crippen molar-refractivity contribution in [3.8, 4) is 6.07 Å². The summed E-state index contributed by atoms with van der Waals surface area (Å²) in [6.07, 6.45) is 0. The molecule has 1 aromatic rings. The summed E-state index contributed by atoms with van der Waals surface area (Å²) in [5.74, 6) is 0.586. The van der Waals surface area contributed by atoms with Crippen LogP contribution < -0.4 is 5.32 Å². The molecular weight excluding hydrogens is 180 g/mol. The standard InChI is InChI=1S/C10H12N2S/c1-7-2-3-13-10(7)9-6-12-5-8(9)4-11/h2-3,8-9,12H,5-6H2,1H3/t8-,9+/m0/s1. The lowest BCUT2D eigenvalue weighted by Gasteiger charge is -2.10. The topological polar surface area (TPSA) is 35.8 Å². The fourth-order valence-electron chi connectivity index (χ4n) is 1.85. The minimum Gasteiger partial charge on any atom is -0.315 e. The molecule has 2 heterocycles. The van der Waals surface area contributed by atoms with Crippen LogP contribution in [0.15, 0.2) is 11.4 Å². The highest BCUT2D eigenvalue weighted by molar-refractivity contribution is 7.10. The largest absolute Gasteiger partial charge is 0.315 e. The molecule has 1 fully saturated rings. The molecule has 0 unspecified atom stereocenters. The van der Waals surface area contributed by atoms with Crippen molar-refractivity contribution >= 4 is 11.3 Å². The number of nitrogens with zero attached hydrogens (tertiary/aromatic N) is 1. The molecule has 0 amide bonds. The number of aryl methyl sites for hydroxylation is 1. The highest BCUT2D eigenvalue weighted by atomic mass is 32.1. The summed E-state index contributed by atoms with van der Waals surface area (Å²) >= 11 is 1.77. The van der Waals surface area contributed by atoms with E-state index in [1.165, 1.54) is 10.4 Å². The van der Waals surface area contributed by atoms with E-state index in [-0.39, 0.29) is 5.92 Å². The minimum atomic E-state index is 0.164. The van der Waals surface area contributed by atoms with Crippen LogP contribution in [0.3, 0.4) is 0 Å². The van der Waals surface area contributed by atoms with Crippen molar-refractivity contribution in [3.63, 3.8) is 0 Å². The van der Waals surface area contributed by atoms with Gasteiger partial charge in [-0.25, -0.2) is 0 Å². The molecule has 2 nitrogen and oxygen atoms in total. The molecular formula is C10H12N2S. The molecule has 1 saturated heterocycles. The second-order valence-electron chi connectivity index (χ2n) is 3.47. The van der Waals surface area contributed by atoms with Gasteiger partial charge >= 0.3 is 0 Å². The molecule has 0 saturated carbocycles. The van der Waals surface area contributed by atoms with E-state index in [2.05, 4.69) is 29.8 Å².